The molecule has 0 atom stereocenters. The molecule has 0 aromatic carbocycles. The van der Waals surface area contributed by atoms with Gasteiger partial charge >= 0.3 is 0 Å². The first-order valence-electron chi connectivity index (χ1n) is 6.55. The summed E-state index contributed by atoms with van der Waals surface area (Å²) in [7, 11) is -3.45. The highest BCUT2D eigenvalue weighted by Crippen LogP contribution is 2.34. The molecule has 0 saturated carbocycles. The SMILES string of the molecule is CC1CCN(CCNS(=O)(=O)c2cc(Cl)c(Br)s2)CC1. The lowest BCUT2D eigenvalue weighted by Gasteiger charge is -2.30. The van der Waals surface area contributed by atoms with E-state index in [1.807, 2.05) is 0 Å². The molecule has 1 aliphatic rings. The molecule has 0 bridgehead atoms. The average Bonchev–Trinajstić information content (AvgIpc) is 2.73. The number of hydrogen-bond donors (Lipinski definition) is 1. The molecule has 1 saturated heterocycles. The molecule has 0 amide bonds. The Bertz CT molecular complexity index is 534. The predicted octanol–water partition coefficient (Wildman–Crippen LogP) is 3.17. The molecule has 4 nitrogen and oxygen atoms in total. The van der Waals surface area contributed by atoms with Gasteiger partial charge < -0.3 is 4.90 Å². The van der Waals surface area contributed by atoms with E-state index >= 15 is 0 Å². The predicted molar refractivity (Wildman–Crippen MR) is 87.1 cm³/mol. The van der Waals surface area contributed by atoms with Crippen molar-refractivity contribution in [3.63, 3.8) is 0 Å². The van der Waals surface area contributed by atoms with Crippen molar-refractivity contribution < 1.29 is 8.42 Å². The zero-order valence-electron chi connectivity index (χ0n) is 11.2. The van der Waals surface area contributed by atoms with Gasteiger partial charge in [-0.05, 0) is 53.8 Å². The van der Waals surface area contributed by atoms with Crippen LogP contribution in [0.15, 0.2) is 14.1 Å². The minimum Gasteiger partial charge on any atom is -0.302 e. The van der Waals surface area contributed by atoms with Crippen LogP contribution in [0.25, 0.3) is 0 Å². The van der Waals surface area contributed by atoms with Crippen LogP contribution in [-0.4, -0.2) is 39.5 Å². The second-order valence-electron chi connectivity index (χ2n) is 5.11. The smallest absolute Gasteiger partial charge is 0.250 e. The summed E-state index contributed by atoms with van der Waals surface area (Å²) in [5, 5.41) is 0.431. The van der Waals surface area contributed by atoms with Crippen LogP contribution in [-0.2, 0) is 10.0 Å². The van der Waals surface area contributed by atoms with E-state index in [1.54, 1.807) is 0 Å². The fraction of sp³-hybridized carbons (Fsp3) is 0.667. The summed E-state index contributed by atoms with van der Waals surface area (Å²) >= 11 is 10.2. The number of halogens is 2. The summed E-state index contributed by atoms with van der Waals surface area (Å²) in [6, 6.07) is 1.47. The Morgan fingerprint density at radius 3 is 2.70 bits per heavy atom. The zero-order valence-corrected chi connectivity index (χ0v) is 15.2. The molecule has 114 valence electrons. The second kappa shape index (κ2) is 7.07. The molecule has 0 radical (unpaired) electrons. The summed E-state index contributed by atoms with van der Waals surface area (Å²) in [6.07, 6.45) is 2.39. The molecule has 2 rings (SSSR count). The molecule has 1 aromatic rings. The number of rotatable bonds is 5. The maximum atomic E-state index is 12.1. The van der Waals surface area contributed by atoms with Gasteiger partial charge in [0.1, 0.15) is 4.21 Å². The number of hydrogen-bond acceptors (Lipinski definition) is 4. The van der Waals surface area contributed by atoms with Gasteiger partial charge in [-0.3, -0.25) is 0 Å². The van der Waals surface area contributed by atoms with Gasteiger partial charge in [-0.1, -0.05) is 18.5 Å². The van der Waals surface area contributed by atoms with Gasteiger partial charge in [0, 0.05) is 13.1 Å². The van der Waals surface area contributed by atoms with E-state index in [2.05, 4.69) is 32.5 Å². The molecule has 1 N–H and O–H groups in total. The van der Waals surface area contributed by atoms with Crippen molar-refractivity contribution in [2.75, 3.05) is 26.2 Å². The molecular formula is C12H18BrClN2O2S2. The molecule has 0 unspecified atom stereocenters. The Hall–Kier alpha value is 0.340. The van der Waals surface area contributed by atoms with E-state index in [-0.39, 0.29) is 4.21 Å². The average molecular weight is 402 g/mol. The van der Waals surface area contributed by atoms with Gasteiger partial charge in [-0.25, -0.2) is 13.1 Å². The van der Waals surface area contributed by atoms with Crippen molar-refractivity contribution in [3.05, 3.63) is 14.9 Å². The fourth-order valence-corrected chi connectivity index (χ4v) is 5.62. The summed E-state index contributed by atoms with van der Waals surface area (Å²) < 4.78 is 27.7. The highest BCUT2D eigenvalue weighted by atomic mass is 79.9. The van der Waals surface area contributed by atoms with Gasteiger partial charge in [0.15, 0.2) is 0 Å². The molecule has 1 fully saturated rings. The molecule has 0 spiro atoms. The molecule has 2 heterocycles. The van der Waals surface area contributed by atoms with E-state index in [4.69, 9.17) is 11.6 Å². The summed E-state index contributed by atoms with van der Waals surface area (Å²) in [4.78, 5) is 2.31. The minimum atomic E-state index is -3.45. The topological polar surface area (TPSA) is 49.4 Å². The second-order valence-corrected chi connectivity index (χ2v) is 9.88. The Kier molecular flexibility index (Phi) is 5.90. The van der Waals surface area contributed by atoms with E-state index < -0.39 is 10.0 Å². The largest absolute Gasteiger partial charge is 0.302 e. The number of sulfonamides is 1. The fourth-order valence-electron chi connectivity index (χ4n) is 2.15. The zero-order chi connectivity index (χ0) is 14.8. The summed E-state index contributed by atoms with van der Waals surface area (Å²) in [5.41, 5.74) is 0. The quantitative estimate of drug-likeness (QED) is 0.824. The van der Waals surface area contributed by atoms with Crippen LogP contribution in [0.4, 0.5) is 0 Å². The van der Waals surface area contributed by atoms with Gasteiger partial charge in [0.05, 0.1) is 8.81 Å². The van der Waals surface area contributed by atoms with Crippen LogP contribution >= 0.6 is 38.9 Å². The summed E-state index contributed by atoms with van der Waals surface area (Å²) in [6.45, 7) is 5.56. The van der Waals surface area contributed by atoms with E-state index in [1.165, 1.54) is 18.9 Å². The third-order valence-corrected chi connectivity index (χ3v) is 7.89. The monoisotopic (exact) mass is 400 g/mol. The molecule has 20 heavy (non-hydrogen) atoms. The van der Waals surface area contributed by atoms with Crippen LogP contribution in [0, 0.1) is 5.92 Å². The summed E-state index contributed by atoms with van der Waals surface area (Å²) in [5.74, 6) is 0.786. The first-order valence-corrected chi connectivity index (χ1v) is 10.0. The van der Waals surface area contributed by atoms with Gasteiger partial charge in [-0.2, -0.15) is 0 Å². The first-order chi connectivity index (χ1) is 9.38. The Labute approximate surface area is 137 Å². The lowest BCUT2D eigenvalue weighted by Crippen LogP contribution is -2.39. The van der Waals surface area contributed by atoms with Crippen molar-refractivity contribution in [2.45, 2.75) is 24.0 Å². The van der Waals surface area contributed by atoms with Crippen molar-refractivity contribution in [1.82, 2.24) is 9.62 Å². The van der Waals surface area contributed by atoms with Crippen molar-refractivity contribution in [1.29, 1.82) is 0 Å². The maximum absolute atomic E-state index is 12.1. The highest BCUT2D eigenvalue weighted by molar-refractivity contribution is 9.11. The van der Waals surface area contributed by atoms with Gasteiger partial charge in [0.2, 0.25) is 10.0 Å². The van der Waals surface area contributed by atoms with Crippen LogP contribution in [0.3, 0.4) is 0 Å². The Morgan fingerprint density at radius 1 is 1.50 bits per heavy atom. The van der Waals surface area contributed by atoms with Crippen molar-refractivity contribution in [3.8, 4) is 0 Å². The van der Waals surface area contributed by atoms with Gasteiger partial charge in [0.25, 0.3) is 0 Å². The van der Waals surface area contributed by atoms with Crippen LogP contribution in [0.2, 0.25) is 5.02 Å². The van der Waals surface area contributed by atoms with Gasteiger partial charge in [-0.15, -0.1) is 11.3 Å². The number of nitrogens with zero attached hydrogens (tertiary/aromatic N) is 1. The standard InChI is InChI=1S/C12H18BrClN2O2S2/c1-9-2-5-16(6-3-9)7-4-15-20(17,18)11-8-10(14)12(13)19-11/h8-9,15H,2-7H2,1H3. The first kappa shape index (κ1) is 16.7. The number of likely N-dealkylation sites (tertiary alicyclic amines) is 1. The Morgan fingerprint density at radius 2 is 2.15 bits per heavy atom. The third-order valence-electron chi connectivity index (χ3n) is 3.48. The van der Waals surface area contributed by atoms with E-state index in [9.17, 15) is 8.42 Å². The third kappa shape index (κ3) is 4.42. The van der Waals surface area contributed by atoms with Crippen LogP contribution in [0.5, 0.6) is 0 Å². The van der Waals surface area contributed by atoms with E-state index in [0.717, 1.165) is 36.9 Å². The molecule has 1 aromatic heterocycles. The highest BCUT2D eigenvalue weighted by Gasteiger charge is 2.20. The normalized spacial score (nSPS) is 18.6. The number of nitrogens with one attached hydrogen (secondary N) is 1. The van der Waals surface area contributed by atoms with E-state index in [0.29, 0.717) is 15.4 Å². The van der Waals surface area contributed by atoms with Crippen molar-refractivity contribution >= 4 is 48.9 Å². The van der Waals surface area contributed by atoms with Crippen molar-refractivity contribution in [2.24, 2.45) is 5.92 Å². The molecule has 0 aliphatic carbocycles. The number of piperidine rings is 1. The molecule has 8 heteroatoms. The molecular weight excluding hydrogens is 384 g/mol. The lowest BCUT2D eigenvalue weighted by molar-refractivity contribution is 0.195. The maximum Gasteiger partial charge on any atom is 0.250 e. The van der Waals surface area contributed by atoms with Crippen LogP contribution in [0.1, 0.15) is 19.8 Å². The number of thiophene rings is 1. The lowest BCUT2D eigenvalue weighted by atomic mass is 9.99. The molecule has 1 aliphatic heterocycles. The minimum absolute atomic E-state index is 0.252. The Balaban J connectivity index is 1.84. The van der Waals surface area contributed by atoms with Crippen LogP contribution < -0.4 is 4.72 Å².